The van der Waals surface area contributed by atoms with Crippen molar-refractivity contribution in [3.8, 4) is 0 Å². The van der Waals surface area contributed by atoms with Crippen LogP contribution in [0.2, 0.25) is 0 Å². The lowest BCUT2D eigenvalue weighted by Crippen LogP contribution is -2.67. The third kappa shape index (κ3) is 2.85. The normalized spacial score (nSPS) is 42.8. The second-order valence-electron chi connectivity index (χ2n) is 10.9. The highest BCUT2D eigenvalue weighted by Crippen LogP contribution is 2.71. The molecule has 3 fully saturated rings. The van der Waals surface area contributed by atoms with E-state index in [9.17, 15) is 14.4 Å². The van der Waals surface area contributed by atoms with Gasteiger partial charge in [0.2, 0.25) is 0 Å². The fourth-order valence-corrected chi connectivity index (χ4v) is 8.27. The van der Waals surface area contributed by atoms with Gasteiger partial charge in [-0.1, -0.05) is 43.7 Å². The van der Waals surface area contributed by atoms with Gasteiger partial charge in [0, 0.05) is 10.8 Å². The van der Waals surface area contributed by atoms with Crippen molar-refractivity contribution in [1.29, 1.82) is 0 Å². The third-order valence-corrected chi connectivity index (χ3v) is 10.5. The quantitative estimate of drug-likeness (QED) is 0.402. The van der Waals surface area contributed by atoms with Gasteiger partial charge in [-0.3, -0.25) is 9.59 Å². The number of ether oxygens (including phenoxy) is 1. The second-order valence-corrected chi connectivity index (χ2v) is 11.5. The standard InChI is InChI=1S/C28H30ClFO4/c1-17(31)27(34-24(33)18-7-5-4-6-8-18)14-12-21-22-10-9-19-15-20(32)11-13-25(19,2)28(22,29)23(30)16-26(21,27)3/h4-8,11,13,15,21-23H,9-10,12,14,16H2,1-3H3/t21-,22-,23-,25-,26-,27-,28-/m0/s1. The highest BCUT2D eigenvalue weighted by Gasteiger charge is 2.74. The number of carbonyl (C=O) groups is 3. The molecule has 3 saturated carbocycles. The monoisotopic (exact) mass is 484 g/mol. The van der Waals surface area contributed by atoms with E-state index in [1.807, 2.05) is 13.8 Å². The average molecular weight is 485 g/mol. The molecule has 0 radical (unpaired) electrons. The van der Waals surface area contributed by atoms with Crippen molar-refractivity contribution in [2.45, 2.75) is 69.5 Å². The van der Waals surface area contributed by atoms with Crippen LogP contribution in [0.4, 0.5) is 4.39 Å². The Bertz CT molecular complexity index is 1130. The maximum Gasteiger partial charge on any atom is 0.339 e. The molecule has 0 amide bonds. The van der Waals surface area contributed by atoms with Gasteiger partial charge < -0.3 is 4.74 Å². The van der Waals surface area contributed by atoms with E-state index in [0.717, 1.165) is 5.57 Å². The number of Topliss-reactive ketones (excluding diaryl/α,β-unsaturated/α-hetero) is 1. The molecule has 0 saturated heterocycles. The predicted octanol–water partition coefficient (Wildman–Crippen LogP) is 5.79. The van der Waals surface area contributed by atoms with Gasteiger partial charge in [0.25, 0.3) is 0 Å². The van der Waals surface area contributed by atoms with Crippen LogP contribution < -0.4 is 0 Å². The fraction of sp³-hybridized carbons (Fsp3) is 0.536. The summed E-state index contributed by atoms with van der Waals surface area (Å²) in [6.45, 7) is 5.28. The lowest BCUT2D eigenvalue weighted by Gasteiger charge is -2.63. The van der Waals surface area contributed by atoms with Crippen LogP contribution in [0.25, 0.3) is 0 Å². The van der Waals surface area contributed by atoms with E-state index < -0.39 is 33.4 Å². The number of carbonyl (C=O) groups excluding carboxylic acids is 3. The maximum absolute atomic E-state index is 16.4. The summed E-state index contributed by atoms with van der Waals surface area (Å²) in [7, 11) is 0. The van der Waals surface area contributed by atoms with E-state index in [1.165, 1.54) is 13.0 Å². The van der Waals surface area contributed by atoms with Crippen LogP contribution in [0, 0.1) is 22.7 Å². The molecule has 6 heteroatoms. The molecule has 0 unspecified atom stereocenters. The molecule has 0 aliphatic heterocycles. The van der Waals surface area contributed by atoms with E-state index in [4.69, 9.17) is 16.3 Å². The Morgan fingerprint density at radius 1 is 1.12 bits per heavy atom. The molecule has 0 N–H and O–H groups in total. The van der Waals surface area contributed by atoms with Crippen molar-refractivity contribution in [2.24, 2.45) is 22.7 Å². The minimum Gasteiger partial charge on any atom is -0.447 e. The summed E-state index contributed by atoms with van der Waals surface area (Å²) < 4.78 is 22.5. The first kappa shape index (κ1) is 23.5. The Hall–Kier alpha value is -2.27. The molecule has 0 spiro atoms. The van der Waals surface area contributed by atoms with Crippen LogP contribution in [0.15, 0.2) is 54.1 Å². The van der Waals surface area contributed by atoms with Gasteiger partial charge in [0.1, 0.15) is 6.17 Å². The Kier molecular flexibility index (Phi) is 5.26. The zero-order valence-electron chi connectivity index (χ0n) is 19.8. The van der Waals surface area contributed by atoms with Crippen molar-refractivity contribution in [3.05, 3.63) is 59.7 Å². The summed E-state index contributed by atoms with van der Waals surface area (Å²) >= 11 is 7.32. The van der Waals surface area contributed by atoms with Gasteiger partial charge >= 0.3 is 5.97 Å². The molecular formula is C28H30ClFO4. The number of halogens is 2. The molecule has 180 valence electrons. The molecule has 4 aliphatic carbocycles. The van der Waals surface area contributed by atoms with Crippen molar-refractivity contribution in [3.63, 3.8) is 0 Å². The molecule has 7 atom stereocenters. The van der Waals surface area contributed by atoms with Crippen LogP contribution in [0.1, 0.15) is 63.2 Å². The van der Waals surface area contributed by atoms with Crippen LogP contribution >= 0.6 is 11.6 Å². The molecule has 4 aliphatic rings. The highest BCUT2D eigenvalue weighted by atomic mass is 35.5. The molecule has 4 nitrogen and oxygen atoms in total. The number of fused-ring (bicyclic) bond motifs is 5. The Morgan fingerprint density at radius 3 is 2.50 bits per heavy atom. The third-order valence-electron chi connectivity index (χ3n) is 9.56. The molecule has 1 aromatic carbocycles. The van der Waals surface area contributed by atoms with E-state index in [1.54, 1.807) is 42.5 Å². The van der Waals surface area contributed by atoms with Gasteiger partial charge in [0.15, 0.2) is 17.2 Å². The predicted molar refractivity (Wildman–Crippen MR) is 127 cm³/mol. The summed E-state index contributed by atoms with van der Waals surface area (Å²) in [5.74, 6) is -1.22. The van der Waals surface area contributed by atoms with Crippen molar-refractivity contribution < 1.29 is 23.5 Å². The molecule has 0 aromatic heterocycles. The number of allylic oxidation sites excluding steroid dienone is 4. The number of rotatable bonds is 3. The highest BCUT2D eigenvalue weighted by molar-refractivity contribution is 6.26. The molecule has 5 rings (SSSR count). The van der Waals surface area contributed by atoms with Crippen LogP contribution in [0.3, 0.4) is 0 Å². The van der Waals surface area contributed by atoms with E-state index in [2.05, 4.69) is 0 Å². The van der Waals surface area contributed by atoms with Crippen molar-refractivity contribution in [2.75, 3.05) is 0 Å². The summed E-state index contributed by atoms with van der Waals surface area (Å²) in [6, 6.07) is 8.60. The topological polar surface area (TPSA) is 60.4 Å². The second kappa shape index (κ2) is 7.61. The number of hydrogen-bond acceptors (Lipinski definition) is 4. The minimum atomic E-state index is -1.45. The van der Waals surface area contributed by atoms with Gasteiger partial charge in [-0.2, -0.15) is 0 Å². The molecular weight excluding hydrogens is 455 g/mol. The van der Waals surface area contributed by atoms with Gasteiger partial charge in [-0.05, 0) is 75.1 Å². The average Bonchev–Trinajstić information content (AvgIpc) is 3.08. The van der Waals surface area contributed by atoms with E-state index >= 15 is 4.39 Å². The number of hydrogen-bond donors (Lipinski definition) is 0. The van der Waals surface area contributed by atoms with Crippen molar-refractivity contribution >= 4 is 29.1 Å². The Balaban J connectivity index is 1.56. The first-order chi connectivity index (χ1) is 16.0. The lowest BCUT2D eigenvalue weighted by molar-refractivity contribution is -0.165. The first-order valence-corrected chi connectivity index (χ1v) is 12.4. The zero-order chi connectivity index (χ0) is 24.5. The number of benzene rings is 1. The molecule has 0 heterocycles. The maximum atomic E-state index is 16.4. The van der Waals surface area contributed by atoms with Gasteiger partial charge in [-0.15, -0.1) is 11.6 Å². The Labute approximate surface area is 204 Å². The van der Waals surface area contributed by atoms with Gasteiger partial charge in [0.05, 0.1) is 10.4 Å². The van der Waals surface area contributed by atoms with Gasteiger partial charge in [-0.25, -0.2) is 9.18 Å². The SMILES string of the molecule is CC(=O)[C@@]1(OC(=O)c2ccccc2)CC[C@H]2[C@@H]3CCC4=CC(=O)C=C[C@]4(C)[C@@]3(Cl)[C@@H](F)C[C@@]21C. The smallest absolute Gasteiger partial charge is 0.339 e. The summed E-state index contributed by atoms with van der Waals surface area (Å²) in [5, 5.41) is 0. The van der Waals surface area contributed by atoms with E-state index in [-0.39, 0.29) is 29.8 Å². The largest absolute Gasteiger partial charge is 0.447 e. The molecule has 1 aromatic rings. The van der Waals surface area contributed by atoms with E-state index in [0.29, 0.717) is 31.2 Å². The lowest BCUT2D eigenvalue weighted by atomic mass is 9.46. The van der Waals surface area contributed by atoms with Crippen molar-refractivity contribution in [1.82, 2.24) is 0 Å². The number of ketones is 2. The summed E-state index contributed by atoms with van der Waals surface area (Å²) in [6.07, 6.45) is 5.72. The molecule has 0 bridgehead atoms. The minimum absolute atomic E-state index is 0.0178. The molecule has 34 heavy (non-hydrogen) atoms. The zero-order valence-corrected chi connectivity index (χ0v) is 20.5. The Morgan fingerprint density at radius 2 is 1.82 bits per heavy atom. The summed E-state index contributed by atoms with van der Waals surface area (Å²) in [4.78, 5) is 37.1. The van der Waals surface area contributed by atoms with Crippen LogP contribution in [-0.4, -0.2) is 34.2 Å². The van der Waals surface area contributed by atoms with Crippen LogP contribution in [-0.2, 0) is 14.3 Å². The summed E-state index contributed by atoms with van der Waals surface area (Å²) in [5.41, 5.74) is -1.82. The fourth-order valence-electron chi connectivity index (χ4n) is 7.74. The number of esters is 1. The van der Waals surface area contributed by atoms with Crippen LogP contribution in [0.5, 0.6) is 0 Å². The number of alkyl halides is 2. The first-order valence-electron chi connectivity index (χ1n) is 12.1.